The highest BCUT2D eigenvalue weighted by molar-refractivity contribution is 5.90. The number of carbonyl (C=O) groups excluding carboxylic acids is 2. The topological polar surface area (TPSA) is 93.1 Å². The third kappa shape index (κ3) is 6.00. The van der Waals surface area contributed by atoms with Crippen molar-refractivity contribution in [3.05, 3.63) is 41.5 Å². The van der Waals surface area contributed by atoms with Gasteiger partial charge in [0, 0.05) is 31.4 Å². The molecule has 6 nitrogen and oxygen atoms in total. The van der Waals surface area contributed by atoms with Crippen LogP contribution in [0.3, 0.4) is 0 Å². The van der Waals surface area contributed by atoms with E-state index in [1.54, 1.807) is 12.2 Å². The Morgan fingerprint density at radius 2 is 2.10 bits per heavy atom. The number of unbranched alkanes of at least 4 members (excludes halogenated alkanes) is 1. The highest BCUT2D eigenvalue weighted by atomic mass is 16.7. The van der Waals surface area contributed by atoms with Gasteiger partial charge in [-0.05, 0) is 24.3 Å². The van der Waals surface area contributed by atoms with Gasteiger partial charge < -0.3 is 24.5 Å². The van der Waals surface area contributed by atoms with Crippen LogP contribution in [0.25, 0.3) is 0 Å². The van der Waals surface area contributed by atoms with Crippen LogP contribution in [-0.2, 0) is 20.7 Å². The fourth-order valence-electron chi connectivity index (χ4n) is 3.92. The number of rotatable bonds is 12. The molecule has 5 atom stereocenters. The van der Waals surface area contributed by atoms with E-state index in [4.69, 9.17) is 9.47 Å². The summed E-state index contributed by atoms with van der Waals surface area (Å²) in [5.41, 5.74) is 1.62. The number of methoxy groups -OCH3 is 1. The molecule has 2 N–H and O–H groups in total. The van der Waals surface area contributed by atoms with Crippen molar-refractivity contribution in [2.24, 2.45) is 11.8 Å². The maximum atomic E-state index is 12.8. The van der Waals surface area contributed by atoms with E-state index in [0.29, 0.717) is 30.6 Å². The molecule has 1 aromatic rings. The lowest BCUT2D eigenvalue weighted by molar-refractivity contribution is -0.119. The molecule has 0 spiro atoms. The van der Waals surface area contributed by atoms with E-state index in [0.717, 1.165) is 18.3 Å². The average molecular weight is 419 g/mol. The van der Waals surface area contributed by atoms with Crippen LogP contribution in [-0.4, -0.2) is 48.4 Å². The number of hydrogen-bond acceptors (Lipinski definition) is 6. The molecule has 1 fully saturated rings. The van der Waals surface area contributed by atoms with Crippen molar-refractivity contribution in [3.63, 3.8) is 0 Å². The van der Waals surface area contributed by atoms with Gasteiger partial charge in [-0.3, -0.25) is 4.79 Å². The second kappa shape index (κ2) is 12.0. The first-order valence-electron chi connectivity index (χ1n) is 10.7. The Bertz CT molecular complexity index is 728. The van der Waals surface area contributed by atoms with E-state index >= 15 is 0 Å². The second-order valence-corrected chi connectivity index (χ2v) is 8.00. The van der Waals surface area contributed by atoms with Gasteiger partial charge in [0.15, 0.2) is 6.79 Å². The summed E-state index contributed by atoms with van der Waals surface area (Å²) < 4.78 is 10.9. The number of Topliss-reactive ketones (excluding diaryl/α,β-unsaturated/α-hetero) is 1. The largest absolute Gasteiger partial charge is 0.467 e. The van der Waals surface area contributed by atoms with Crippen LogP contribution in [0.5, 0.6) is 5.75 Å². The summed E-state index contributed by atoms with van der Waals surface area (Å²) in [4.78, 5) is 23.5. The van der Waals surface area contributed by atoms with Crippen molar-refractivity contribution in [2.75, 3.05) is 13.9 Å². The Kier molecular flexibility index (Phi) is 9.69. The molecule has 0 heterocycles. The van der Waals surface area contributed by atoms with E-state index in [-0.39, 0.29) is 24.9 Å². The third-order valence-electron chi connectivity index (χ3n) is 5.90. The van der Waals surface area contributed by atoms with Gasteiger partial charge in [0.1, 0.15) is 17.8 Å². The summed E-state index contributed by atoms with van der Waals surface area (Å²) in [7, 11) is 1.53. The molecule has 0 bridgehead atoms. The lowest BCUT2D eigenvalue weighted by Crippen LogP contribution is -2.20. The number of aryl methyl sites for hydroxylation is 1. The first-order valence-corrected chi connectivity index (χ1v) is 10.7. The van der Waals surface area contributed by atoms with Gasteiger partial charge in [0.2, 0.25) is 0 Å². The zero-order valence-electron chi connectivity index (χ0n) is 18.1. The Morgan fingerprint density at radius 1 is 1.33 bits per heavy atom. The highest BCUT2D eigenvalue weighted by Crippen LogP contribution is 2.43. The third-order valence-corrected chi connectivity index (χ3v) is 5.90. The molecule has 0 amide bonds. The van der Waals surface area contributed by atoms with Crippen molar-refractivity contribution >= 4 is 12.1 Å². The summed E-state index contributed by atoms with van der Waals surface area (Å²) in [5.74, 6) is -0.374. The fraction of sp³-hybridized carbons (Fsp3) is 0.583. The summed E-state index contributed by atoms with van der Waals surface area (Å²) in [6.45, 7) is 4.00. The van der Waals surface area contributed by atoms with E-state index < -0.39 is 24.0 Å². The molecule has 6 heteroatoms. The molecule has 0 radical (unpaired) electrons. The molecule has 0 saturated heterocycles. The second-order valence-electron chi connectivity index (χ2n) is 8.00. The van der Waals surface area contributed by atoms with Crippen LogP contribution in [0.15, 0.2) is 30.4 Å². The maximum absolute atomic E-state index is 12.8. The van der Waals surface area contributed by atoms with Crippen molar-refractivity contribution < 1.29 is 29.3 Å². The normalized spacial score (nSPS) is 23.6. The Hall–Kier alpha value is -2.02. The molecule has 1 aliphatic carbocycles. The number of aldehydes is 1. The van der Waals surface area contributed by atoms with Crippen LogP contribution < -0.4 is 4.74 Å². The van der Waals surface area contributed by atoms with Crippen molar-refractivity contribution in [2.45, 2.75) is 64.1 Å². The zero-order valence-corrected chi connectivity index (χ0v) is 18.1. The smallest absolute Gasteiger partial charge is 0.188 e. The Morgan fingerprint density at radius 3 is 2.77 bits per heavy atom. The Balaban J connectivity index is 2.39. The number of carbonyl (C=O) groups is 2. The predicted molar refractivity (Wildman–Crippen MR) is 114 cm³/mol. The van der Waals surface area contributed by atoms with Gasteiger partial charge >= 0.3 is 0 Å². The molecular weight excluding hydrogens is 384 g/mol. The number of ether oxygens (including phenoxy) is 2. The van der Waals surface area contributed by atoms with Crippen LogP contribution in [0.4, 0.5) is 0 Å². The standard InChI is InChI=1S/C24H34O6/c1-4-16(2)20(26)12-11-18-21(27)14-22(28)23(18)19-10-7-9-17(8-5-6-13-25)24(19)30-15-29-3/h7,9-13,16,18,20-21,23,26-27H,4-6,8,14-15H2,1-3H3/b12-11+/t16?,18-,20?,21+,23-/m0/s1. The minimum absolute atomic E-state index is 0.0361. The van der Waals surface area contributed by atoms with E-state index in [9.17, 15) is 19.8 Å². The predicted octanol–water partition coefficient (Wildman–Crippen LogP) is 3.19. The fourth-order valence-corrected chi connectivity index (χ4v) is 3.92. The summed E-state index contributed by atoms with van der Waals surface area (Å²) in [5, 5.41) is 20.9. The first-order chi connectivity index (χ1) is 14.4. The van der Waals surface area contributed by atoms with Crippen LogP contribution in [0, 0.1) is 11.8 Å². The van der Waals surface area contributed by atoms with Crippen molar-refractivity contribution in [3.8, 4) is 5.75 Å². The van der Waals surface area contributed by atoms with Gasteiger partial charge in [-0.1, -0.05) is 50.6 Å². The molecule has 2 unspecified atom stereocenters. The van der Waals surface area contributed by atoms with E-state index in [1.807, 2.05) is 32.0 Å². The summed E-state index contributed by atoms with van der Waals surface area (Å²) in [6, 6.07) is 5.64. The number of benzene rings is 1. The molecular formula is C24H34O6. The van der Waals surface area contributed by atoms with Crippen LogP contribution >= 0.6 is 0 Å². The lowest BCUT2D eigenvalue weighted by Gasteiger charge is -2.23. The van der Waals surface area contributed by atoms with E-state index in [1.165, 1.54) is 7.11 Å². The van der Waals surface area contributed by atoms with Crippen molar-refractivity contribution in [1.29, 1.82) is 0 Å². The SMILES string of the molecule is CCC(C)C(O)/C=C/[C@H]1[C@H](O)CC(=O)[C@@H]1c1cccc(CCCC=O)c1OCOC. The average Bonchev–Trinajstić information content (AvgIpc) is 3.02. The molecule has 0 aliphatic heterocycles. The summed E-state index contributed by atoms with van der Waals surface area (Å²) in [6.07, 6.45) is 5.59. The minimum atomic E-state index is -0.808. The van der Waals surface area contributed by atoms with Gasteiger partial charge in [0.05, 0.1) is 18.1 Å². The molecule has 30 heavy (non-hydrogen) atoms. The Labute approximate surface area is 178 Å². The molecule has 166 valence electrons. The van der Waals surface area contributed by atoms with Crippen LogP contribution in [0.1, 0.15) is 56.6 Å². The van der Waals surface area contributed by atoms with Crippen molar-refractivity contribution in [1.82, 2.24) is 0 Å². The maximum Gasteiger partial charge on any atom is 0.188 e. The number of hydrogen-bond donors (Lipinski definition) is 2. The quantitative estimate of drug-likeness (QED) is 0.234. The lowest BCUT2D eigenvalue weighted by atomic mass is 9.84. The number of ketones is 1. The minimum Gasteiger partial charge on any atom is -0.467 e. The number of aliphatic hydroxyl groups is 2. The molecule has 2 rings (SSSR count). The molecule has 0 aromatic heterocycles. The monoisotopic (exact) mass is 418 g/mol. The molecule has 1 saturated carbocycles. The highest BCUT2D eigenvalue weighted by Gasteiger charge is 2.42. The first kappa shape index (κ1) is 24.3. The van der Waals surface area contributed by atoms with Gasteiger partial charge in [0.25, 0.3) is 0 Å². The molecule has 1 aliphatic rings. The van der Waals surface area contributed by atoms with Gasteiger partial charge in [-0.2, -0.15) is 0 Å². The van der Waals surface area contributed by atoms with Gasteiger partial charge in [-0.25, -0.2) is 0 Å². The van der Waals surface area contributed by atoms with Crippen LogP contribution in [0.2, 0.25) is 0 Å². The number of para-hydroxylation sites is 1. The summed E-state index contributed by atoms with van der Waals surface area (Å²) >= 11 is 0. The molecule has 1 aromatic carbocycles. The van der Waals surface area contributed by atoms with Gasteiger partial charge in [-0.15, -0.1) is 0 Å². The zero-order chi connectivity index (χ0) is 22.1. The number of aliphatic hydroxyl groups excluding tert-OH is 2. The van der Waals surface area contributed by atoms with E-state index in [2.05, 4.69) is 0 Å².